The van der Waals surface area contributed by atoms with E-state index in [2.05, 4.69) is 25.9 Å². The number of nitrogens with zero attached hydrogens (tertiary/aromatic N) is 1. The molecule has 0 aliphatic rings. The highest BCUT2D eigenvalue weighted by molar-refractivity contribution is 5.94. The molecule has 10 N–H and O–H groups in total. The van der Waals surface area contributed by atoms with Gasteiger partial charge in [-0.25, -0.2) is 9.78 Å². The number of carbonyl (C=O) groups is 4. The van der Waals surface area contributed by atoms with E-state index in [0.29, 0.717) is 25.1 Å². The molecule has 0 aliphatic carbocycles. The number of hydrogen-bond donors (Lipinski definition) is 8. The molecule has 0 saturated carbocycles. The Morgan fingerprint density at radius 2 is 1.65 bits per heavy atom. The molecule has 1 aromatic heterocycles. The van der Waals surface area contributed by atoms with E-state index in [1.807, 2.05) is 13.8 Å². The summed E-state index contributed by atoms with van der Waals surface area (Å²) in [5.41, 5.74) is 11.9. The van der Waals surface area contributed by atoms with Crippen LogP contribution < -0.4 is 27.4 Å². The highest BCUT2D eigenvalue weighted by Gasteiger charge is 2.30. The second kappa shape index (κ2) is 15.0. The molecule has 0 bridgehead atoms. The van der Waals surface area contributed by atoms with Gasteiger partial charge in [-0.15, -0.1) is 0 Å². The number of amides is 3. The Balaban J connectivity index is 2.79. The van der Waals surface area contributed by atoms with Gasteiger partial charge in [0.1, 0.15) is 18.1 Å². The van der Waals surface area contributed by atoms with E-state index in [9.17, 15) is 29.4 Å². The number of aliphatic hydroxyl groups excluding tert-OH is 1. The molecule has 13 heteroatoms. The number of nitrogens with two attached hydrogens (primary N) is 2. The van der Waals surface area contributed by atoms with Crippen LogP contribution in [-0.2, 0) is 25.6 Å². The highest BCUT2D eigenvalue weighted by Crippen LogP contribution is 2.08. The third-order valence-electron chi connectivity index (χ3n) is 5.05. The average molecular weight is 484 g/mol. The van der Waals surface area contributed by atoms with Crippen LogP contribution in [0.1, 0.15) is 45.2 Å². The van der Waals surface area contributed by atoms with Crippen molar-refractivity contribution >= 4 is 23.7 Å². The van der Waals surface area contributed by atoms with Gasteiger partial charge in [-0.3, -0.25) is 14.4 Å². The van der Waals surface area contributed by atoms with Crippen LogP contribution in [0.2, 0.25) is 0 Å². The molecule has 4 unspecified atom stereocenters. The number of aliphatic carboxylic acids is 1. The Bertz CT molecular complexity index is 787. The van der Waals surface area contributed by atoms with Gasteiger partial charge in [0.05, 0.1) is 19.0 Å². The largest absolute Gasteiger partial charge is 0.480 e. The maximum absolute atomic E-state index is 12.8. The summed E-state index contributed by atoms with van der Waals surface area (Å²) in [6.07, 6.45) is 4.65. The fourth-order valence-electron chi connectivity index (χ4n) is 3.20. The molecule has 0 saturated heterocycles. The van der Waals surface area contributed by atoms with Gasteiger partial charge in [0.25, 0.3) is 0 Å². The minimum atomic E-state index is -1.34. The maximum atomic E-state index is 12.8. The number of aromatic amines is 1. The molecule has 1 aromatic rings. The molecule has 13 nitrogen and oxygen atoms in total. The van der Waals surface area contributed by atoms with Gasteiger partial charge in [-0.05, 0) is 38.1 Å². The summed E-state index contributed by atoms with van der Waals surface area (Å²) in [4.78, 5) is 56.1. The van der Waals surface area contributed by atoms with Crippen molar-refractivity contribution in [1.29, 1.82) is 0 Å². The Kier molecular flexibility index (Phi) is 12.8. The van der Waals surface area contributed by atoms with Crippen LogP contribution in [-0.4, -0.2) is 81.2 Å². The zero-order chi connectivity index (χ0) is 25.7. The summed E-state index contributed by atoms with van der Waals surface area (Å²) in [5.74, 6) is -3.32. The minimum Gasteiger partial charge on any atom is -0.480 e. The number of unbranched alkanes of at least 4 members (excludes halogenated alkanes) is 1. The van der Waals surface area contributed by atoms with Gasteiger partial charge in [0.2, 0.25) is 17.7 Å². The van der Waals surface area contributed by atoms with Crippen molar-refractivity contribution in [3.63, 3.8) is 0 Å². The van der Waals surface area contributed by atoms with Gasteiger partial charge in [-0.2, -0.15) is 0 Å². The van der Waals surface area contributed by atoms with Crippen molar-refractivity contribution in [2.45, 2.75) is 70.1 Å². The summed E-state index contributed by atoms with van der Waals surface area (Å²) >= 11 is 0. The summed E-state index contributed by atoms with van der Waals surface area (Å²) < 4.78 is 0. The van der Waals surface area contributed by atoms with E-state index in [0.717, 1.165) is 0 Å². The molecule has 3 amide bonds. The molecule has 0 aliphatic heterocycles. The zero-order valence-corrected chi connectivity index (χ0v) is 19.6. The molecular formula is C21H37N7O6. The van der Waals surface area contributed by atoms with Crippen LogP contribution in [0.3, 0.4) is 0 Å². The van der Waals surface area contributed by atoms with Crippen LogP contribution in [0.25, 0.3) is 0 Å². The SMILES string of the molecule is CC(C)CC(NC(=O)C(CO)NC(=O)C(N)Cc1cnc[nH]1)C(=O)NC(CCCCN)C(=O)O. The van der Waals surface area contributed by atoms with Gasteiger partial charge >= 0.3 is 5.97 Å². The lowest BCUT2D eigenvalue weighted by Crippen LogP contribution is -2.58. The fourth-order valence-corrected chi connectivity index (χ4v) is 3.20. The Labute approximate surface area is 198 Å². The van der Waals surface area contributed by atoms with E-state index < -0.39 is 54.5 Å². The lowest BCUT2D eigenvalue weighted by molar-refractivity contribution is -0.142. The number of rotatable bonds is 16. The van der Waals surface area contributed by atoms with Crippen molar-refractivity contribution in [2.75, 3.05) is 13.2 Å². The first-order valence-corrected chi connectivity index (χ1v) is 11.3. The van der Waals surface area contributed by atoms with E-state index in [-0.39, 0.29) is 25.2 Å². The second-order valence-corrected chi connectivity index (χ2v) is 8.51. The fraction of sp³-hybridized carbons (Fsp3) is 0.667. The Morgan fingerprint density at radius 1 is 1.03 bits per heavy atom. The first-order valence-electron chi connectivity index (χ1n) is 11.3. The standard InChI is InChI=1S/C21H37N7O6/c1-12(2)7-16(19(31)26-15(21(33)34)5-3-4-6-22)27-20(32)17(10-29)28-18(30)14(23)8-13-9-24-11-25-13/h9,11-12,14-17,29H,3-8,10,22-23H2,1-2H3,(H,24,25)(H,26,31)(H,27,32)(H,28,30)(H,33,34). The highest BCUT2D eigenvalue weighted by atomic mass is 16.4. The van der Waals surface area contributed by atoms with Crippen LogP contribution in [0.5, 0.6) is 0 Å². The lowest BCUT2D eigenvalue weighted by Gasteiger charge is -2.25. The number of H-pyrrole nitrogens is 1. The Hall–Kier alpha value is -3.03. The number of aliphatic hydroxyl groups is 1. The molecule has 4 atom stereocenters. The number of carboxylic acids is 1. The molecule has 0 radical (unpaired) electrons. The predicted octanol–water partition coefficient (Wildman–Crippen LogP) is -2.01. The molecule has 0 aromatic carbocycles. The van der Waals surface area contributed by atoms with Crippen molar-refractivity contribution in [3.8, 4) is 0 Å². The van der Waals surface area contributed by atoms with Gasteiger partial charge < -0.3 is 42.6 Å². The third-order valence-corrected chi connectivity index (χ3v) is 5.05. The third kappa shape index (κ3) is 10.3. The number of carbonyl (C=O) groups excluding carboxylic acids is 3. The molecule has 0 spiro atoms. The smallest absolute Gasteiger partial charge is 0.326 e. The molecule has 0 fully saturated rings. The molecule has 192 valence electrons. The first-order chi connectivity index (χ1) is 16.1. The summed E-state index contributed by atoms with van der Waals surface area (Å²) in [5, 5.41) is 26.4. The minimum absolute atomic E-state index is 0.0124. The second-order valence-electron chi connectivity index (χ2n) is 8.51. The Morgan fingerprint density at radius 3 is 2.18 bits per heavy atom. The quantitative estimate of drug-likeness (QED) is 0.121. The van der Waals surface area contributed by atoms with Gasteiger partial charge in [0, 0.05) is 18.3 Å². The van der Waals surface area contributed by atoms with Crippen LogP contribution in [0.15, 0.2) is 12.5 Å². The number of nitrogens with one attached hydrogen (secondary N) is 4. The molecular weight excluding hydrogens is 446 g/mol. The zero-order valence-electron chi connectivity index (χ0n) is 19.6. The lowest BCUT2D eigenvalue weighted by atomic mass is 10.0. The number of carboxylic acid groups (broad SMARTS) is 1. The van der Waals surface area contributed by atoms with Crippen LogP contribution in [0, 0.1) is 5.92 Å². The van der Waals surface area contributed by atoms with Crippen molar-refractivity contribution in [3.05, 3.63) is 18.2 Å². The normalized spacial score (nSPS) is 14.6. The first kappa shape index (κ1) is 29.0. The van der Waals surface area contributed by atoms with Crippen molar-refractivity contribution in [2.24, 2.45) is 17.4 Å². The average Bonchev–Trinajstić information content (AvgIpc) is 3.28. The van der Waals surface area contributed by atoms with Crippen molar-refractivity contribution in [1.82, 2.24) is 25.9 Å². The number of hydrogen-bond acceptors (Lipinski definition) is 8. The van der Waals surface area contributed by atoms with Crippen LogP contribution >= 0.6 is 0 Å². The van der Waals surface area contributed by atoms with E-state index in [4.69, 9.17) is 11.5 Å². The van der Waals surface area contributed by atoms with Crippen molar-refractivity contribution < 1.29 is 29.4 Å². The van der Waals surface area contributed by atoms with E-state index >= 15 is 0 Å². The van der Waals surface area contributed by atoms with Crippen LogP contribution in [0.4, 0.5) is 0 Å². The molecule has 34 heavy (non-hydrogen) atoms. The van der Waals surface area contributed by atoms with Gasteiger partial charge in [0.15, 0.2) is 0 Å². The summed E-state index contributed by atoms with van der Waals surface area (Å²) in [6.45, 7) is 3.36. The van der Waals surface area contributed by atoms with E-state index in [1.54, 1.807) is 0 Å². The monoisotopic (exact) mass is 483 g/mol. The summed E-state index contributed by atoms with van der Waals surface area (Å²) in [7, 11) is 0. The molecule has 1 heterocycles. The van der Waals surface area contributed by atoms with E-state index in [1.165, 1.54) is 12.5 Å². The number of imidazole rings is 1. The topological polar surface area (TPSA) is 226 Å². The summed E-state index contributed by atoms with van der Waals surface area (Å²) in [6, 6.07) is -4.53. The van der Waals surface area contributed by atoms with Gasteiger partial charge in [-0.1, -0.05) is 13.8 Å². The molecule has 1 rings (SSSR count). The number of aromatic nitrogens is 2. The maximum Gasteiger partial charge on any atom is 0.326 e. The predicted molar refractivity (Wildman–Crippen MR) is 123 cm³/mol.